The molecule has 1 amide bonds. The van der Waals surface area contributed by atoms with Gasteiger partial charge in [0.2, 0.25) is 5.91 Å². The van der Waals surface area contributed by atoms with Crippen molar-refractivity contribution < 1.29 is 4.79 Å². The van der Waals surface area contributed by atoms with Crippen LogP contribution in [-0.4, -0.2) is 26.9 Å². The van der Waals surface area contributed by atoms with Crippen molar-refractivity contribution in [2.75, 3.05) is 5.32 Å². The number of aromatic amines is 1. The Balaban J connectivity index is 1.93. The van der Waals surface area contributed by atoms with Crippen LogP contribution in [0.5, 0.6) is 0 Å². The molecule has 0 saturated carbocycles. The highest BCUT2D eigenvalue weighted by Crippen LogP contribution is 2.05. The van der Waals surface area contributed by atoms with Crippen molar-refractivity contribution in [1.29, 1.82) is 0 Å². The van der Waals surface area contributed by atoms with Gasteiger partial charge in [0.25, 0.3) is 0 Å². The normalized spacial score (nSPS) is 12.1. The highest BCUT2D eigenvalue weighted by molar-refractivity contribution is 5.93. The van der Waals surface area contributed by atoms with Gasteiger partial charge in [0.15, 0.2) is 0 Å². The van der Waals surface area contributed by atoms with Crippen molar-refractivity contribution in [3.05, 3.63) is 42.1 Å². The minimum atomic E-state index is -0.631. The summed E-state index contributed by atoms with van der Waals surface area (Å²) in [5.41, 5.74) is 7.66. The Kier molecular flexibility index (Phi) is 3.69. The molecule has 2 aromatic rings. The Bertz CT molecular complexity index is 506. The van der Waals surface area contributed by atoms with Gasteiger partial charge in [-0.1, -0.05) is 6.07 Å². The number of aryl methyl sites for hydroxylation is 1. The zero-order valence-electron chi connectivity index (χ0n) is 10.1. The molecule has 6 nitrogen and oxygen atoms in total. The molecule has 2 aromatic heterocycles. The summed E-state index contributed by atoms with van der Waals surface area (Å²) < 4.78 is 0. The molecule has 0 saturated heterocycles. The maximum absolute atomic E-state index is 11.8. The SMILES string of the molecule is Cc1ccc(NC(=O)[C@@H](N)Cc2cnc[nH]2)nc1. The van der Waals surface area contributed by atoms with E-state index < -0.39 is 6.04 Å². The standard InChI is InChI=1S/C12H15N5O/c1-8-2-3-11(15-5-8)17-12(18)10(13)4-9-6-14-7-16-9/h2-3,5-7,10H,4,13H2,1H3,(H,14,16)(H,15,17,18)/t10-/m0/s1. The van der Waals surface area contributed by atoms with Crippen LogP contribution in [0, 0.1) is 6.92 Å². The second-order valence-electron chi connectivity index (χ2n) is 4.10. The number of amides is 1. The number of H-pyrrole nitrogens is 1. The molecule has 4 N–H and O–H groups in total. The maximum Gasteiger partial charge on any atom is 0.242 e. The molecule has 0 radical (unpaired) electrons. The number of pyridine rings is 1. The molecule has 1 atom stereocenters. The van der Waals surface area contributed by atoms with Gasteiger partial charge in [0, 0.05) is 24.5 Å². The minimum Gasteiger partial charge on any atom is -0.348 e. The lowest BCUT2D eigenvalue weighted by atomic mass is 10.1. The molecular formula is C12H15N5O. The van der Waals surface area contributed by atoms with Gasteiger partial charge >= 0.3 is 0 Å². The van der Waals surface area contributed by atoms with Gasteiger partial charge in [-0.25, -0.2) is 9.97 Å². The molecule has 18 heavy (non-hydrogen) atoms. The van der Waals surface area contributed by atoms with Crippen LogP contribution in [0.2, 0.25) is 0 Å². The largest absolute Gasteiger partial charge is 0.348 e. The summed E-state index contributed by atoms with van der Waals surface area (Å²) in [5.74, 6) is 0.242. The van der Waals surface area contributed by atoms with Crippen LogP contribution in [-0.2, 0) is 11.2 Å². The van der Waals surface area contributed by atoms with Crippen molar-refractivity contribution in [2.24, 2.45) is 5.73 Å². The third-order valence-corrected chi connectivity index (χ3v) is 2.49. The number of carbonyl (C=O) groups is 1. The van der Waals surface area contributed by atoms with E-state index in [1.54, 1.807) is 24.8 Å². The highest BCUT2D eigenvalue weighted by Gasteiger charge is 2.15. The van der Waals surface area contributed by atoms with Crippen LogP contribution in [0.25, 0.3) is 0 Å². The van der Waals surface area contributed by atoms with Crippen molar-refractivity contribution in [2.45, 2.75) is 19.4 Å². The van der Waals surface area contributed by atoms with Crippen LogP contribution >= 0.6 is 0 Å². The first-order valence-corrected chi connectivity index (χ1v) is 5.61. The minimum absolute atomic E-state index is 0.263. The molecular weight excluding hydrogens is 230 g/mol. The van der Waals surface area contributed by atoms with Crippen LogP contribution in [0.3, 0.4) is 0 Å². The van der Waals surface area contributed by atoms with Crippen molar-refractivity contribution in [3.8, 4) is 0 Å². The van der Waals surface area contributed by atoms with Crippen LogP contribution in [0.1, 0.15) is 11.3 Å². The summed E-state index contributed by atoms with van der Waals surface area (Å²) in [6.45, 7) is 1.93. The quantitative estimate of drug-likeness (QED) is 0.735. The van der Waals surface area contributed by atoms with E-state index in [0.717, 1.165) is 11.3 Å². The number of rotatable bonds is 4. The molecule has 0 aliphatic heterocycles. The van der Waals surface area contributed by atoms with Gasteiger partial charge < -0.3 is 16.0 Å². The number of anilines is 1. The number of nitrogens with two attached hydrogens (primary N) is 1. The fraction of sp³-hybridized carbons (Fsp3) is 0.250. The van der Waals surface area contributed by atoms with E-state index >= 15 is 0 Å². The molecule has 0 unspecified atom stereocenters. The highest BCUT2D eigenvalue weighted by atomic mass is 16.2. The third kappa shape index (κ3) is 3.14. The summed E-state index contributed by atoms with van der Waals surface area (Å²) in [5, 5.41) is 2.67. The van der Waals surface area contributed by atoms with Crippen molar-refractivity contribution in [3.63, 3.8) is 0 Å². The average molecular weight is 245 g/mol. The Morgan fingerprint density at radius 2 is 2.33 bits per heavy atom. The van der Waals surface area contributed by atoms with Crippen molar-refractivity contribution in [1.82, 2.24) is 15.0 Å². The molecule has 0 bridgehead atoms. The number of nitrogens with zero attached hydrogens (tertiary/aromatic N) is 2. The molecule has 0 aromatic carbocycles. The lowest BCUT2D eigenvalue weighted by Crippen LogP contribution is -2.37. The van der Waals surface area contributed by atoms with E-state index in [-0.39, 0.29) is 5.91 Å². The summed E-state index contributed by atoms with van der Waals surface area (Å²) in [6, 6.07) is 2.99. The molecule has 94 valence electrons. The number of nitrogens with one attached hydrogen (secondary N) is 2. The number of hydrogen-bond acceptors (Lipinski definition) is 4. The number of carbonyl (C=O) groups excluding carboxylic acids is 1. The maximum atomic E-state index is 11.8. The van der Waals surface area contributed by atoms with Gasteiger partial charge in [-0.05, 0) is 18.6 Å². The molecule has 2 heterocycles. The lowest BCUT2D eigenvalue weighted by Gasteiger charge is -2.10. The fourth-order valence-corrected chi connectivity index (χ4v) is 1.49. The smallest absolute Gasteiger partial charge is 0.242 e. The predicted octanol–water partition coefficient (Wildman–Crippen LogP) is 0.622. The Hall–Kier alpha value is -2.21. The number of imidazole rings is 1. The van der Waals surface area contributed by atoms with E-state index in [4.69, 9.17) is 5.73 Å². The van der Waals surface area contributed by atoms with E-state index in [0.29, 0.717) is 12.2 Å². The van der Waals surface area contributed by atoms with Crippen LogP contribution < -0.4 is 11.1 Å². The third-order valence-electron chi connectivity index (χ3n) is 2.49. The van der Waals surface area contributed by atoms with Gasteiger partial charge in [-0.3, -0.25) is 4.79 Å². The summed E-state index contributed by atoms with van der Waals surface area (Å²) in [4.78, 5) is 22.7. The topological polar surface area (TPSA) is 96.7 Å². The first-order valence-electron chi connectivity index (χ1n) is 5.61. The monoisotopic (exact) mass is 245 g/mol. The van der Waals surface area contributed by atoms with E-state index in [9.17, 15) is 4.79 Å². The summed E-state index contributed by atoms with van der Waals surface area (Å²) >= 11 is 0. The second-order valence-corrected chi connectivity index (χ2v) is 4.10. The molecule has 6 heteroatoms. The van der Waals surface area contributed by atoms with Crippen LogP contribution in [0.4, 0.5) is 5.82 Å². The molecule has 0 spiro atoms. The van der Waals surface area contributed by atoms with Gasteiger partial charge in [-0.2, -0.15) is 0 Å². The van der Waals surface area contributed by atoms with Crippen LogP contribution in [0.15, 0.2) is 30.9 Å². The molecule has 0 fully saturated rings. The van der Waals surface area contributed by atoms with E-state index in [2.05, 4.69) is 20.3 Å². The Labute approximate surface area is 105 Å². The van der Waals surface area contributed by atoms with Gasteiger partial charge in [0.05, 0.1) is 12.4 Å². The predicted molar refractivity (Wildman–Crippen MR) is 67.9 cm³/mol. The van der Waals surface area contributed by atoms with E-state index in [1.165, 1.54) is 0 Å². The van der Waals surface area contributed by atoms with Crippen molar-refractivity contribution >= 4 is 11.7 Å². The zero-order valence-corrected chi connectivity index (χ0v) is 10.1. The molecule has 0 aliphatic carbocycles. The average Bonchev–Trinajstić information content (AvgIpc) is 2.85. The zero-order chi connectivity index (χ0) is 13.0. The number of aromatic nitrogens is 3. The first kappa shape index (κ1) is 12.3. The fourth-order valence-electron chi connectivity index (χ4n) is 1.49. The lowest BCUT2D eigenvalue weighted by molar-refractivity contribution is -0.117. The number of hydrogen-bond donors (Lipinski definition) is 3. The van der Waals surface area contributed by atoms with E-state index in [1.807, 2.05) is 13.0 Å². The molecule has 2 rings (SSSR count). The Morgan fingerprint density at radius 1 is 1.50 bits per heavy atom. The molecule has 0 aliphatic rings. The first-order chi connectivity index (χ1) is 8.65. The Morgan fingerprint density at radius 3 is 2.94 bits per heavy atom. The van der Waals surface area contributed by atoms with Gasteiger partial charge in [0.1, 0.15) is 5.82 Å². The summed E-state index contributed by atoms with van der Waals surface area (Å²) in [7, 11) is 0. The van der Waals surface area contributed by atoms with Gasteiger partial charge in [-0.15, -0.1) is 0 Å². The second kappa shape index (κ2) is 5.42. The summed E-state index contributed by atoms with van der Waals surface area (Å²) in [6.07, 6.45) is 5.31.